The SMILES string of the molecule is CCC[CH2][Sn]([CH2]CCC)[O]CC. The molecule has 0 rings (SSSR count). The molecule has 0 aromatic heterocycles. The van der Waals surface area contributed by atoms with Gasteiger partial charge in [0.1, 0.15) is 0 Å². The van der Waals surface area contributed by atoms with Crippen molar-refractivity contribution in [3.8, 4) is 0 Å². The van der Waals surface area contributed by atoms with Crippen molar-refractivity contribution >= 4 is 20.2 Å². The van der Waals surface area contributed by atoms with Crippen LogP contribution < -0.4 is 0 Å². The molecule has 0 atom stereocenters. The Labute approximate surface area is 85.2 Å². The fourth-order valence-electron chi connectivity index (χ4n) is 1.22. The van der Waals surface area contributed by atoms with Gasteiger partial charge in [0, 0.05) is 0 Å². The summed E-state index contributed by atoms with van der Waals surface area (Å²) in [6.45, 7) is 7.64. The summed E-state index contributed by atoms with van der Waals surface area (Å²) in [6, 6.07) is 0. The van der Waals surface area contributed by atoms with E-state index in [1.807, 2.05) is 0 Å². The molecule has 2 heteroatoms. The first kappa shape index (κ1) is 12.8. The molecule has 0 aromatic carbocycles. The van der Waals surface area contributed by atoms with Gasteiger partial charge in [-0.05, 0) is 0 Å². The average Bonchev–Trinajstić information content (AvgIpc) is 2.10. The van der Waals surface area contributed by atoms with Gasteiger partial charge in [0.05, 0.1) is 0 Å². The zero-order valence-electron chi connectivity index (χ0n) is 8.86. The Bertz CT molecular complexity index is 77.9. The van der Waals surface area contributed by atoms with Gasteiger partial charge in [-0.1, -0.05) is 0 Å². The summed E-state index contributed by atoms with van der Waals surface area (Å²) in [7, 11) is 0. The summed E-state index contributed by atoms with van der Waals surface area (Å²) in [5.74, 6) is 0. The van der Waals surface area contributed by atoms with Crippen LogP contribution in [0.4, 0.5) is 0 Å². The van der Waals surface area contributed by atoms with Gasteiger partial charge in [-0.3, -0.25) is 0 Å². The summed E-state index contributed by atoms with van der Waals surface area (Å²) >= 11 is -1.31. The van der Waals surface area contributed by atoms with Crippen LogP contribution in [0.15, 0.2) is 0 Å². The predicted molar refractivity (Wildman–Crippen MR) is 56.8 cm³/mol. The Morgan fingerprint density at radius 1 is 0.917 bits per heavy atom. The molecule has 73 valence electrons. The van der Waals surface area contributed by atoms with Crippen molar-refractivity contribution < 1.29 is 3.07 Å². The van der Waals surface area contributed by atoms with E-state index in [1.165, 1.54) is 34.6 Å². The molecule has 0 fully saturated rings. The van der Waals surface area contributed by atoms with Crippen molar-refractivity contribution in [1.82, 2.24) is 0 Å². The summed E-state index contributed by atoms with van der Waals surface area (Å²) in [5, 5.41) is 0. The van der Waals surface area contributed by atoms with Gasteiger partial charge in [-0.25, -0.2) is 0 Å². The van der Waals surface area contributed by atoms with Gasteiger partial charge in [0.25, 0.3) is 0 Å². The molecule has 1 nitrogen and oxygen atoms in total. The Kier molecular flexibility index (Phi) is 10.5. The van der Waals surface area contributed by atoms with E-state index in [0.29, 0.717) is 0 Å². The van der Waals surface area contributed by atoms with E-state index >= 15 is 0 Å². The van der Waals surface area contributed by atoms with Crippen LogP contribution in [0.2, 0.25) is 8.87 Å². The van der Waals surface area contributed by atoms with Crippen molar-refractivity contribution in [2.45, 2.75) is 55.3 Å². The molecule has 0 spiro atoms. The molecule has 0 aromatic rings. The van der Waals surface area contributed by atoms with Crippen LogP contribution in [0.3, 0.4) is 0 Å². The summed E-state index contributed by atoms with van der Waals surface area (Å²) in [4.78, 5) is 0. The zero-order chi connectivity index (χ0) is 9.23. The maximum absolute atomic E-state index is 5.84. The Balaban J connectivity index is 3.40. The first-order valence-electron chi connectivity index (χ1n) is 5.32. The van der Waals surface area contributed by atoms with Gasteiger partial charge >= 0.3 is 85.2 Å². The molecular formula is C10H23OSn. The van der Waals surface area contributed by atoms with Crippen molar-refractivity contribution in [3.63, 3.8) is 0 Å². The van der Waals surface area contributed by atoms with Gasteiger partial charge < -0.3 is 0 Å². The molecule has 1 radical (unpaired) electrons. The second-order valence-electron chi connectivity index (χ2n) is 3.18. The number of rotatable bonds is 8. The molecule has 0 aliphatic rings. The van der Waals surface area contributed by atoms with Crippen LogP contribution in [0, 0.1) is 0 Å². The Morgan fingerprint density at radius 2 is 1.42 bits per heavy atom. The summed E-state index contributed by atoms with van der Waals surface area (Å²) < 4.78 is 8.74. The third-order valence-electron chi connectivity index (χ3n) is 1.97. The quantitative estimate of drug-likeness (QED) is 0.616. The van der Waals surface area contributed by atoms with Crippen molar-refractivity contribution in [3.05, 3.63) is 0 Å². The molecule has 0 amide bonds. The van der Waals surface area contributed by atoms with Gasteiger partial charge in [0.2, 0.25) is 0 Å². The van der Waals surface area contributed by atoms with E-state index in [9.17, 15) is 0 Å². The van der Waals surface area contributed by atoms with E-state index in [-0.39, 0.29) is 0 Å². The third kappa shape index (κ3) is 7.41. The first-order valence-corrected chi connectivity index (χ1v) is 10.5. The molecular weight excluding hydrogens is 255 g/mol. The normalized spacial score (nSPS) is 11.0. The standard InChI is InChI=1S/2C4H9.C2H5O.Sn/c2*1-3-4-2;1-2-3;/h2*1,3-4H2,2H3;2H2,1H3;/q;;-1;+1. The van der Waals surface area contributed by atoms with Crippen LogP contribution >= 0.6 is 0 Å². The van der Waals surface area contributed by atoms with Gasteiger partial charge in [-0.2, -0.15) is 0 Å². The van der Waals surface area contributed by atoms with E-state index < -0.39 is 20.2 Å². The molecule has 0 unspecified atom stereocenters. The monoisotopic (exact) mass is 279 g/mol. The van der Waals surface area contributed by atoms with Gasteiger partial charge in [-0.15, -0.1) is 0 Å². The Hall–Kier alpha value is 0.759. The zero-order valence-corrected chi connectivity index (χ0v) is 11.7. The number of hydrogen-bond donors (Lipinski definition) is 0. The van der Waals surface area contributed by atoms with Crippen molar-refractivity contribution in [1.29, 1.82) is 0 Å². The molecule has 0 saturated heterocycles. The Morgan fingerprint density at radius 3 is 1.75 bits per heavy atom. The minimum atomic E-state index is -1.31. The molecule has 12 heavy (non-hydrogen) atoms. The topological polar surface area (TPSA) is 9.23 Å². The van der Waals surface area contributed by atoms with E-state index in [1.54, 1.807) is 0 Å². The average molecular weight is 278 g/mol. The molecule has 0 saturated carbocycles. The van der Waals surface area contributed by atoms with Crippen LogP contribution in [-0.4, -0.2) is 26.8 Å². The fraction of sp³-hybridized carbons (Fsp3) is 1.00. The maximum atomic E-state index is 5.84. The number of unbranched alkanes of at least 4 members (excludes halogenated alkanes) is 2. The second-order valence-corrected chi connectivity index (χ2v) is 9.93. The van der Waals surface area contributed by atoms with Crippen molar-refractivity contribution in [2.24, 2.45) is 0 Å². The van der Waals surface area contributed by atoms with Gasteiger partial charge in [0.15, 0.2) is 0 Å². The van der Waals surface area contributed by atoms with E-state index in [2.05, 4.69) is 20.8 Å². The first-order chi connectivity index (χ1) is 5.85. The van der Waals surface area contributed by atoms with Crippen LogP contribution in [0.5, 0.6) is 0 Å². The molecule has 0 aliphatic carbocycles. The summed E-state index contributed by atoms with van der Waals surface area (Å²) in [5.41, 5.74) is 0. The molecule has 0 heterocycles. The second kappa shape index (κ2) is 9.84. The predicted octanol–water partition coefficient (Wildman–Crippen LogP) is 3.61. The van der Waals surface area contributed by atoms with Crippen LogP contribution in [-0.2, 0) is 3.07 Å². The third-order valence-corrected chi connectivity index (χ3v) is 9.16. The fourth-order valence-corrected chi connectivity index (χ4v) is 8.19. The van der Waals surface area contributed by atoms with Crippen LogP contribution in [0.25, 0.3) is 0 Å². The van der Waals surface area contributed by atoms with Crippen molar-refractivity contribution in [2.75, 3.05) is 6.61 Å². The molecule has 0 aliphatic heterocycles. The molecule has 0 bridgehead atoms. The molecule has 0 N–H and O–H groups in total. The minimum absolute atomic E-state index is 0.961. The number of hydrogen-bond acceptors (Lipinski definition) is 1. The van der Waals surface area contributed by atoms with Crippen LogP contribution in [0.1, 0.15) is 46.5 Å². The van der Waals surface area contributed by atoms with E-state index in [0.717, 1.165) is 6.61 Å². The van der Waals surface area contributed by atoms with E-state index in [4.69, 9.17) is 3.07 Å². The summed E-state index contributed by atoms with van der Waals surface area (Å²) in [6.07, 6.45) is 5.48.